The predicted molar refractivity (Wildman–Crippen MR) is 165 cm³/mol. The number of benzene rings is 3. The van der Waals surface area contributed by atoms with E-state index in [0.717, 1.165) is 17.1 Å². The molecule has 1 aliphatic heterocycles. The van der Waals surface area contributed by atoms with E-state index in [1.165, 1.54) is 22.3 Å². The normalized spacial score (nSPS) is 15.0. The lowest BCUT2D eigenvalue weighted by atomic mass is 9.70. The van der Waals surface area contributed by atoms with E-state index in [2.05, 4.69) is 102 Å². The maximum Gasteiger partial charge on any atom is 0.223 e. The molecule has 0 bridgehead atoms. The molecule has 0 spiro atoms. The average molecular weight is 553 g/mol. The highest BCUT2D eigenvalue weighted by Crippen LogP contribution is 2.53. The first-order valence-corrected chi connectivity index (χ1v) is 15.4. The lowest BCUT2D eigenvalue weighted by molar-refractivity contribution is 0.573. The van der Waals surface area contributed by atoms with E-state index in [4.69, 9.17) is 0 Å². The number of fused-ring (bicyclic) bond motifs is 2. The molecule has 40 heavy (non-hydrogen) atoms. The third-order valence-electron chi connectivity index (χ3n) is 8.16. The van der Waals surface area contributed by atoms with Crippen LogP contribution in [0.25, 0.3) is 0 Å². The zero-order valence-electron chi connectivity index (χ0n) is 25.1. The summed E-state index contributed by atoms with van der Waals surface area (Å²) in [7, 11) is -3.72. The second-order valence-electron chi connectivity index (χ2n) is 13.5. The van der Waals surface area contributed by atoms with Crippen molar-refractivity contribution in [2.45, 2.75) is 88.5 Å². The maximum atomic E-state index is 13.3. The number of pyridine rings is 1. The van der Waals surface area contributed by atoms with E-state index in [1.807, 2.05) is 19.1 Å². The van der Waals surface area contributed by atoms with E-state index >= 15 is 0 Å². The molecule has 2 heterocycles. The van der Waals surface area contributed by atoms with Gasteiger partial charge in [0.25, 0.3) is 0 Å². The van der Waals surface area contributed by atoms with Crippen LogP contribution in [0.3, 0.4) is 0 Å². The molecule has 0 atom stereocenters. The summed E-state index contributed by atoms with van der Waals surface area (Å²) < 4.78 is 26.7. The minimum atomic E-state index is -3.72. The van der Waals surface area contributed by atoms with Gasteiger partial charge in [0, 0.05) is 5.41 Å². The Hall–Kier alpha value is -3.44. The monoisotopic (exact) mass is 552 g/mol. The van der Waals surface area contributed by atoms with E-state index in [0.29, 0.717) is 5.69 Å². The molecule has 0 unspecified atom stereocenters. The largest absolute Gasteiger partial charge is 0.308 e. The van der Waals surface area contributed by atoms with Crippen LogP contribution in [-0.4, -0.2) is 13.4 Å². The Morgan fingerprint density at radius 3 is 1.60 bits per heavy atom. The number of anilines is 3. The first-order valence-electron chi connectivity index (χ1n) is 13.9. The summed E-state index contributed by atoms with van der Waals surface area (Å²) >= 11 is 0. The van der Waals surface area contributed by atoms with Crippen molar-refractivity contribution in [3.05, 3.63) is 107 Å². The number of nitrogens with zero attached hydrogens (tertiary/aromatic N) is 2. The van der Waals surface area contributed by atoms with Crippen molar-refractivity contribution < 1.29 is 8.42 Å². The van der Waals surface area contributed by atoms with Crippen molar-refractivity contribution >= 4 is 26.9 Å². The molecule has 1 aliphatic rings. The summed E-state index contributed by atoms with van der Waals surface area (Å²) in [6, 6.07) is 25.6. The van der Waals surface area contributed by atoms with Gasteiger partial charge in [0.05, 0.1) is 27.7 Å². The van der Waals surface area contributed by atoms with Crippen LogP contribution in [-0.2, 0) is 26.1 Å². The Bertz CT molecular complexity index is 1640. The third-order valence-corrected chi connectivity index (χ3v) is 9.83. The minimum absolute atomic E-state index is 0.00833. The molecule has 3 aromatic carbocycles. The van der Waals surface area contributed by atoms with Crippen LogP contribution in [0, 0.1) is 6.92 Å². The third kappa shape index (κ3) is 4.64. The number of aromatic nitrogens is 1. The fourth-order valence-electron chi connectivity index (χ4n) is 5.57. The molecule has 0 N–H and O–H groups in total. The first-order chi connectivity index (χ1) is 18.5. The summed E-state index contributed by atoms with van der Waals surface area (Å²) in [5.74, 6) is 0. The topological polar surface area (TPSA) is 50.3 Å². The average Bonchev–Trinajstić information content (AvgIpc) is 2.88. The number of aryl methyl sites for hydroxylation is 1. The lowest BCUT2D eigenvalue weighted by Crippen LogP contribution is -2.32. The quantitative estimate of drug-likeness (QED) is 0.255. The van der Waals surface area contributed by atoms with Gasteiger partial charge in [-0.25, -0.2) is 13.4 Å². The van der Waals surface area contributed by atoms with E-state index < -0.39 is 9.84 Å². The van der Waals surface area contributed by atoms with Crippen LogP contribution in [0.1, 0.15) is 83.3 Å². The molecular formula is C35H40N2O2S. The van der Waals surface area contributed by atoms with Gasteiger partial charge in [0.1, 0.15) is 0 Å². The second-order valence-corrected chi connectivity index (χ2v) is 15.4. The molecule has 0 amide bonds. The molecule has 4 aromatic rings. The smallest absolute Gasteiger partial charge is 0.223 e. The van der Waals surface area contributed by atoms with E-state index in [9.17, 15) is 8.42 Å². The first kappa shape index (κ1) is 28.1. The van der Waals surface area contributed by atoms with Gasteiger partial charge < -0.3 is 4.90 Å². The van der Waals surface area contributed by atoms with Crippen LogP contribution >= 0.6 is 0 Å². The highest BCUT2D eigenvalue weighted by molar-refractivity contribution is 7.91. The summed E-state index contributed by atoms with van der Waals surface area (Å²) in [6.07, 6.45) is 0. The number of hydrogen-bond acceptors (Lipinski definition) is 4. The van der Waals surface area contributed by atoms with Crippen molar-refractivity contribution in [1.82, 2.24) is 4.98 Å². The maximum absolute atomic E-state index is 13.3. The van der Waals surface area contributed by atoms with Crippen LogP contribution in [0.2, 0.25) is 0 Å². The van der Waals surface area contributed by atoms with Gasteiger partial charge in [-0.2, -0.15) is 0 Å². The zero-order valence-corrected chi connectivity index (χ0v) is 25.9. The molecule has 208 valence electrons. The molecule has 4 nitrogen and oxygen atoms in total. The highest BCUT2D eigenvalue weighted by Gasteiger charge is 2.39. The van der Waals surface area contributed by atoms with Crippen molar-refractivity contribution in [1.29, 1.82) is 0 Å². The van der Waals surface area contributed by atoms with Gasteiger partial charge in [-0.1, -0.05) is 97.9 Å². The molecule has 0 aliphatic carbocycles. The van der Waals surface area contributed by atoms with Crippen molar-refractivity contribution in [2.75, 3.05) is 4.90 Å². The predicted octanol–water partition coefficient (Wildman–Crippen LogP) is 8.93. The van der Waals surface area contributed by atoms with E-state index in [-0.39, 0.29) is 26.2 Å². The fourth-order valence-corrected chi connectivity index (χ4v) is 6.83. The molecule has 0 saturated carbocycles. The summed E-state index contributed by atoms with van der Waals surface area (Å²) in [4.78, 5) is 7.17. The lowest BCUT2D eigenvalue weighted by Gasteiger charge is -2.43. The van der Waals surface area contributed by atoms with Crippen molar-refractivity contribution in [3.8, 4) is 0 Å². The van der Waals surface area contributed by atoms with Crippen molar-refractivity contribution in [2.24, 2.45) is 0 Å². The van der Waals surface area contributed by atoms with Crippen LogP contribution in [0.4, 0.5) is 17.1 Å². The summed E-state index contributed by atoms with van der Waals surface area (Å²) in [5, 5.41) is 0.0592. The van der Waals surface area contributed by atoms with Gasteiger partial charge in [-0.15, -0.1) is 0 Å². The van der Waals surface area contributed by atoms with Gasteiger partial charge in [0.2, 0.25) is 9.84 Å². The minimum Gasteiger partial charge on any atom is -0.308 e. The Kier molecular flexibility index (Phi) is 6.54. The Morgan fingerprint density at radius 1 is 0.675 bits per heavy atom. The van der Waals surface area contributed by atoms with Gasteiger partial charge in [0.15, 0.2) is 5.03 Å². The molecule has 5 rings (SSSR count). The Labute approximate surface area is 240 Å². The zero-order chi connectivity index (χ0) is 29.3. The molecule has 1 aromatic heterocycles. The SMILES string of the molecule is Cc1nc(S(=O)(=O)c2ccccc2)ccc1N1c2ccc(C(C)(C)C)cc2C(C)(C)c2cc(C(C)(C)C)ccc21. The van der Waals surface area contributed by atoms with Crippen LogP contribution in [0.15, 0.2) is 88.8 Å². The number of hydrogen-bond donors (Lipinski definition) is 0. The van der Waals surface area contributed by atoms with Crippen LogP contribution < -0.4 is 4.90 Å². The van der Waals surface area contributed by atoms with Gasteiger partial charge in [-0.3, -0.25) is 0 Å². The highest BCUT2D eigenvalue weighted by atomic mass is 32.2. The van der Waals surface area contributed by atoms with E-state index in [1.54, 1.807) is 30.3 Å². The molecule has 0 radical (unpaired) electrons. The van der Waals surface area contributed by atoms with Gasteiger partial charge in [-0.05, 0) is 76.4 Å². The molecular weight excluding hydrogens is 512 g/mol. The van der Waals surface area contributed by atoms with Crippen LogP contribution in [0.5, 0.6) is 0 Å². The Morgan fingerprint density at radius 2 is 1.15 bits per heavy atom. The molecule has 5 heteroatoms. The number of rotatable bonds is 3. The fraction of sp³-hybridized carbons (Fsp3) is 0.343. The van der Waals surface area contributed by atoms with Gasteiger partial charge >= 0.3 is 0 Å². The second kappa shape index (κ2) is 9.31. The molecule has 0 saturated heterocycles. The Balaban J connectivity index is 1.74. The summed E-state index contributed by atoms with van der Waals surface area (Å²) in [5.41, 5.74) is 8.57. The van der Waals surface area contributed by atoms with Crippen molar-refractivity contribution in [3.63, 3.8) is 0 Å². The molecule has 0 fully saturated rings. The standard InChI is InChI=1S/C35H40N2O2S/c1-23-29(19-20-32(36-23)40(38,39)26-13-11-10-12-14-26)37-30-17-15-24(33(2,3)4)21-27(30)35(8,9)28-22-25(34(5,6)7)16-18-31(28)37/h10-22H,1-9H3. The number of sulfone groups is 1. The summed E-state index contributed by atoms with van der Waals surface area (Å²) in [6.45, 7) is 20.0.